The number of nitrogens with one attached hydrogen (secondary N) is 3. The van der Waals surface area contributed by atoms with E-state index < -0.39 is 0 Å². The molecular formula is C21H22N4O2. The summed E-state index contributed by atoms with van der Waals surface area (Å²) in [5, 5.41) is 5.97. The van der Waals surface area contributed by atoms with Crippen LogP contribution in [0.15, 0.2) is 48.5 Å². The van der Waals surface area contributed by atoms with E-state index in [1.807, 2.05) is 56.3 Å². The number of carbonyl (C=O) groups excluding carboxylic acids is 2. The number of benzene rings is 2. The van der Waals surface area contributed by atoms with Gasteiger partial charge >= 0.3 is 0 Å². The number of fused-ring (bicyclic) bond motifs is 2. The van der Waals surface area contributed by atoms with E-state index in [4.69, 9.17) is 0 Å². The Kier molecular flexibility index (Phi) is 4.39. The molecule has 0 fully saturated rings. The minimum atomic E-state index is -0.294. The lowest BCUT2D eigenvalue weighted by Gasteiger charge is -2.21. The Morgan fingerprint density at radius 2 is 1.89 bits per heavy atom. The summed E-state index contributed by atoms with van der Waals surface area (Å²) in [7, 11) is 0. The van der Waals surface area contributed by atoms with Gasteiger partial charge in [-0.1, -0.05) is 44.2 Å². The third kappa shape index (κ3) is 3.30. The molecule has 0 unspecified atom stereocenters. The van der Waals surface area contributed by atoms with Gasteiger partial charge < -0.3 is 15.6 Å². The smallest absolute Gasteiger partial charge is 0.252 e. The average molecular weight is 362 g/mol. The van der Waals surface area contributed by atoms with E-state index in [9.17, 15) is 9.59 Å². The Hall–Kier alpha value is -3.15. The van der Waals surface area contributed by atoms with E-state index in [-0.39, 0.29) is 36.2 Å². The van der Waals surface area contributed by atoms with Gasteiger partial charge in [0.05, 0.1) is 29.5 Å². The van der Waals surface area contributed by atoms with Crippen molar-refractivity contribution in [1.82, 2.24) is 20.6 Å². The molecule has 1 aliphatic heterocycles. The molecule has 0 aliphatic carbocycles. The van der Waals surface area contributed by atoms with Crippen LogP contribution in [0.1, 0.15) is 54.1 Å². The number of rotatable bonds is 5. The number of aromatic nitrogens is 2. The number of aromatic amines is 1. The first-order chi connectivity index (χ1) is 13.0. The minimum Gasteiger partial charge on any atom is -0.346 e. The maximum absolute atomic E-state index is 12.7. The zero-order valence-electron chi connectivity index (χ0n) is 15.3. The second-order valence-electron chi connectivity index (χ2n) is 7.25. The van der Waals surface area contributed by atoms with E-state index in [0.29, 0.717) is 5.56 Å². The van der Waals surface area contributed by atoms with E-state index >= 15 is 0 Å². The van der Waals surface area contributed by atoms with Crippen molar-refractivity contribution >= 4 is 22.8 Å². The summed E-state index contributed by atoms with van der Waals surface area (Å²) in [6.07, 6.45) is 0.201. The minimum absolute atomic E-state index is 0.115. The van der Waals surface area contributed by atoms with Gasteiger partial charge in [-0.15, -0.1) is 0 Å². The van der Waals surface area contributed by atoms with Crippen molar-refractivity contribution in [1.29, 1.82) is 0 Å². The molecule has 2 atom stereocenters. The van der Waals surface area contributed by atoms with E-state index in [1.165, 1.54) is 0 Å². The Morgan fingerprint density at radius 3 is 2.67 bits per heavy atom. The van der Waals surface area contributed by atoms with E-state index in [1.54, 1.807) is 6.07 Å². The van der Waals surface area contributed by atoms with Gasteiger partial charge in [-0.05, 0) is 29.7 Å². The molecule has 3 aromatic rings. The average Bonchev–Trinajstić information content (AvgIpc) is 3.21. The lowest BCUT2D eigenvalue weighted by molar-refractivity contribution is -0.122. The summed E-state index contributed by atoms with van der Waals surface area (Å²) in [5.41, 5.74) is 3.35. The number of nitrogens with zero attached hydrogens (tertiary/aromatic N) is 1. The lowest BCUT2D eigenvalue weighted by Crippen LogP contribution is -2.34. The van der Waals surface area contributed by atoms with Crippen LogP contribution in [0.5, 0.6) is 0 Å². The summed E-state index contributed by atoms with van der Waals surface area (Å²) in [6, 6.07) is 14.7. The van der Waals surface area contributed by atoms with Gasteiger partial charge in [-0.2, -0.15) is 0 Å². The second kappa shape index (κ2) is 6.87. The molecule has 138 valence electrons. The van der Waals surface area contributed by atoms with Gasteiger partial charge in [0, 0.05) is 5.56 Å². The monoisotopic (exact) mass is 362 g/mol. The highest BCUT2D eigenvalue weighted by atomic mass is 16.2. The molecule has 27 heavy (non-hydrogen) atoms. The van der Waals surface area contributed by atoms with Crippen LogP contribution >= 0.6 is 0 Å². The van der Waals surface area contributed by atoms with Gasteiger partial charge in [-0.25, -0.2) is 4.98 Å². The molecule has 2 heterocycles. The number of imidazole rings is 1. The van der Waals surface area contributed by atoms with Gasteiger partial charge in [-0.3, -0.25) is 9.59 Å². The standard InChI is InChI=1S/C21H22N4O2/c1-12(2)19(20-22-15-9-5-6-10-16(15)23-20)25-18(26)11-17-13-7-3-4-8-14(13)21(27)24-17/h3-10,12,17,19H,11H2,1-2H3,(H,22,23)(H,24,27)(H,25,26)/t17-,19+/m0/s1. The maximum Gasteiger partial charge on any atom is 0.252 e. The molecule has 1 aromatic heterocycles. The Bertz CT molecular complexity index is 975. The van der Waals surface area contributed by atoms with Crippen molar-refractivity contribution in [2.75, 3.05) is 0 Å². The molecule has 6 nitrogen and oxygen atoms in total. The number of amides is 2. The molecule has 1 aliphatic rings. The van der Waals surface area contributed by atoms with Crippen molar-refractivity contribution in [3.8, 4) is 0 Å². The molecule has 3 N–H and O–H groups in total. The topological polar surface area (TPSA) is 86.9 Å². The van der Waals surface area contributed by atoms with Crippen molar-refractivity contribution in [2.45, 2.75) is 32.4 Å². The summed E-state index contributed by atoms with van der Waals surface area (Å²) in [5.74, 6) is 0.674. The Morgan fingerprint density at radius 1 is 1.15 bits per heavy atom. The summed E-state index contributed by atoms with van der Waals surface area (Å²) < 4.78 is 0. The van der Waals surface area contributed by atoms with Gasteiger partial charge in [0.1, 0.15) is 5.82 Å². The zero-order valence-corrected chi connectivity index (χ0v) is 15.3. The van der Waals surface area contributed by atoms with Crippen LogP contribution in [0.3, 0.4) is 0 Å². The van der Waals surface area contributed by atoms with Crippen LogP contribution in [0, 0.1) is 5.92 Å². The predicted octanol–water partition coefficient (Wildman–Crippen LogP) is 3.25. The number of carbonyl (C=O) groups is 2. The number of para-hydroxylation sites is 2. The van der Waals surface area contributed by atoms with Crippen LogP contribution in [0.2, 0.25) is 0 Å². The summed E-state index contributed by atoms with van der Waals surface area (Å²) >= 11 is 0. The lowest BCUT2D eigenvalue weighted by atomic mass is 10.0. The Balaban J connectivity index is 1.51. The summed E-state index contributed by atoms with van der Waals surface area (Å²) in [4.78, 5) is 32.7. The largest absolute Gasteiger partial charge is 0.346 e. The Labute approximate surface area is 157 Å². The predicted molar refractivity (Wildman–Crippen MR) is 103 cm³/mol. The molecule has 2 aromatic carbocycles. The fraction of sp³-hybridized carbons (Fsp3) is 0.286. The maximum atomic E-state index is 12.7. The van der Waals surface area contributed by atoms with Crippen LogP contribution in [-0.2, 0) is 4.79 Å². The number of hydrogen-bond donors (Lipinski definition) is 3. The van der Waals surface area contributed by atoms with E-state index in [2.05, 4.69) is 20.6 Å². The zero-order chi connectivity index (χ0) is 19.0. The highest BCUT2D eigenvalue weighted by molar-refractivity contribution is 5.99. The molecule has 0 bridgehead atoms. The molecule has 4 rings (SSSR count). The van der Waals surface area contributed by atoms with E-state index in [0.717, 1.165) is 22.4 Å². The highest BCUT2D eigenvalue weighted by Crippen LogP contribution is 2.28. The normalized spacial score (nSPS) is 17.0. The third-order valence-corrected chi connectivity index (χ3v) is 4.96. The first-order valence-corrected chi connectivity index (χ1v) is 9.16. The fourth-order valence-electron chi connectivity index (χ4n) is 3.57. The van der Waals surface area contributed by atoms with Gasteiger partial charge in [0.25, 0.3) is 5.91 Å². The first kappa shape index (κ1) is 17.3. The summed E-state index contributed by atoms with van der Waals surface area (Å²) in [6.45, 7) is 4.09. The van der Waals surface area contributed by atoms with Crippen LogP contribution in [0.4, 0.5) is 0 Å². The molecule has 0 saturated carbocycles. The second-order valence-corrected chi connectivity index (χ2v) is 7.25. The molecule has 2 amide bonds. The number of H-pyrrole nitrogens is 1. The SMILES string of the molecule is CC(C)[C@@H](NC(=O)C[C@@H]1NC(=O)c2ccccc21)c1nc2ccccc2[nH]1. The number of hydrogen-bond acceptors (Lipinski definition) is 3. The third-order valence-electron chi connectivity index (χ3n) is 4.96. The van der Waals surface area contributed by atoms with Crippen molar-refractivity contribution < 1.29 is 9.59 Å². The van der Waals surface area contributed by atoms with Crippen molar-refractivity contribution in [3.05, 3.63) is 65.5 Å². The highest BCUT2D eigenvalue weighted by Gasteiger charge is 2.31. The van der Waals surface area contributed by atoms with Crippen LogP contribution in [-0.4, -0.2) is 21.8 Å². The van der Waals surface area contributed by atoms with Crippen LogP contribution in [0.25, 0.3) is 11.0 Å². The molecule has 6 heteroatoms. The van der Waals surface area contributed by atoms with Crippen molar-refractivity contribution in [3.63, 3.8) is 0 Å². The molecule has 0 saturated heterocycles. The van der Waals surface area contributed by atoms with Crippen LogP contribution < -0.4 is 10.6 Å². The quantitative estimate of drug-likeness (QED) is 0.651. The van der Waals surface area contributed by atoms with Gasteiger partial charge in [0.15, 0.2) is 0 Å². The van der Waals surface area contributed by atoms with Gasteiger partial charge in [0.2, 0.25) is 5.91 Å². The molecule has 0 radical (unpaired) electrons. The van der Waals surface area contributed by atoms with Crippen molar-refractivity contribution in [2.24, 2.45) is 5.92 Å². The first-order valence-electron chi connectivity index (χ1n) is 9.16. The molecule has 0 spiro atoms. The fourth-order valence-corrected chi connectivity index (χ4v) is 3.57. The molecular weight excluding hydrogens is 340 g/mol.